The van der Waals surface area contributed by atoms with Crippen molar-refractivity contribution in [3.8, 4) is 0 Å². The number of hydrogen-bond donors (Lipinski definition) is 1. The molecule has 0 spiro atoms. The number of nitrogens with two attached hydrogens (primary N) is 1. The van der Waals surface area contributed by atoms with Gasteiger partial charge >= 0.3 is 5.97 Å². The zero-order valence-electron chi connectivity index (χ0n) is 31.5. The Morgan fingerprint density at radius 2 is 1.02 bits per heavy atom. The van der Waals surface area contributed by atoms with Crippen LogP contribution in [0.1, 0.15) is 96.1 Å². The van der Waals surface area contributed by atoms with Gasteiger partial charge in [0.15, 0.2) is 5.78 Å². The van der Waals surface area contributed by atoms with E-state index in [1.54, 1.807) is 97.1 Å². The lowest BCUT2D eigenvalue weighted by atomic mass is 10.0. The van der Waals surface area contributed by atoms with E-state index < -0.39 is 26.0 Å². The Balaban J connectivity index is 0.000000214. The third-order valence-electron chi connectivity index (χ3n) is 10.2. The number of esters is 1. The minimum Gasteiger partial charge on any atom is -0.465 e. The van der Waals surface area contributed by atoms with E-state index in [1.165, 1.54) is 15.7 Å². The average molecular weight is 843 g/mol. The largest absolute Gasteiger partial charge is 0.465 e. The Kier molecular flexibility index (Phi) is 15.4. The van der Waals surface area contributed by atoms with Crippen LogP contribution < -0.4 is 14.3 Å². The van der Waals surface area contributed by atoms with Gasteiger partial charge in [-0.1, -0.05) is 110 Å². The quantitative estimate of drug-likeness (QED) is 0.104. The smallest absolute Gasteiger partial charge is 0.337 e. The minimum atomic E-state index is -3.54. The van der Waals surface area contributed by atoms with Gasteiger partial charge in [0, 0.05) is 15.6 Å². The molecule has 0 aromatic heterocycles. The summed E-state index contributed by atoms with van der Waals surface area (Å²) in [5.41, 5.74) is 9.04. The minimum absolute atomic E-state index is 0.0515. The van der Waals surface area contributed by atoms with Crippen molar-refractivity contribution < 1.29 is 31.2 Å². The third-order valence-corrected chi connectivity index (χ3v) is 15.2. The van der Waals surface area contributed by atoms with E-state index >= 15 is 0 Å². The zero-order valence-corrected chi connectivity index (χ0v) is 34.6. The van der Waals surface area contributed by atoms with Crippen LogP contribution in [0.3, 0.4) is 0 Å². The molecule has 0 bridgehead atoms. The Morgan fingerprint density at radius 1 is 0.625 bits per heavy atom. The lowest BCUT2D eigenvalue weighted by molar-refractivity contribution is 0.0600. The van der Waals surface area contributed by atoms with E-state index in [9.17, 15) is 26.4 Å². The van der Waals surface area contributed by atoms with Crippen molar-refractivity contribution in [2.24, 2.45) is 5.73 Å². The van der Waals surface area contributed by atoms with Crippen molar-refractivity contribution in [1.82, 2.24) is 0 Å². The molecular weight excluding hydrogens is 794 g/mol. The molecule has 0 aliphatic heterocycles. The van der Waals surface area contributed by atoms with Gasteiger partial charge in [-0.3, -0.25) is 13.4 Å². The number of sulfonamides is 2. The van der Waals surface area contributed by atoms with Crippen LogP contribution in [-0.4, -0.2) is 52.7 Å². The second-order valence-corrected chi connectivity index (χ2v) is 19.2. The molecule has 0 unspecified atom stereocenters. The van der Waals surface area contributed by atoms with Crippen molar-refractivity contribution in [3.63, 3.8) is 0 Å². The first kappa shape index (κ1) is 43.2. The second-order valence-electron chi connectivity index (χ2n) is 14.1. The van der Waals surface area contributed by atoms with Crippen molar-refractivity contribution in [3.05, 3.63) is 129 Å². The summed E-state index contributed by atoms with van der Waals surface area (Å²) in [5.74, 6) is -0.568. The van der Waals surface area contributed by atoms with E-state index in [2.05, 4.69) is 0 Å². The molecule has 10 nitrogen and oxygen atoms in total. The van der Waals surface area contributed by atoms with Gasteiger partial charge < -0.3 is 10.5 Å². The third kappa shape index (κ3) is 11.1. The van der Waals surface area contributed by atoms with Crippen LogP contribution in [0.4, 0.5) is 11.4 Å². The molecule has 2 N–H and O–H groups in total. The van der Waals surface area contributed by atoms with Gasteiger partial charge in [0.05, 0.1) is 54.2 Å². The summed E-state index contributed by atoms with van der Waals surface area (Å²) < 4.78 is 61.3. The number of ketones is 1. The highest BCUT2D eigenvalue weighted by molar-refractivity contribution is 7.93. The lowest BCUT2D eigenvalue weighted by Gasteiger charge is -2.31. The number of hydrogen-bond acceptors (Lipinski definition) is 8. The number of carbonyl (C=O) groups excluding carboxylic acids is 2. The van der Waals surface area contributed by atoms with Gasteiger partial charge in [0.2, 0.25) is 20.0 Å². The molecular formula is C42H49Cl2N3O7S2. The van der Waals surface area contributed by atoms with Crippen molar-refractivity contribution >= 4 is 66.4 Å². The number of halogens is 2. The van der Waals surface area contributed by atoms with Crippen LogP contribution in [0.2, 0.25) is 10.0 Å². The van der Waals surface area contributed by atoms with Crippen molar-refractivity contribution in [1.29, 1.82) is 0 Å². The maximum atomic E-state index is 13.4. The van der Waals surface area contributed by atoms with Gasteiger partial charge in [-0.2, -0.15) is 0 Å². The number of methoxy groups -OCH3 is 1. The van der Waals surface area contributed by atoms with E-state index in [0.29, 0.717) is 58.2 Å². The molecule has 4 aromatic rings. The summed E-state index contributed by atoms with van der Waals surface area (Å²) in [6.07, 6.45) is 8.63. The highest BCUT2D eigenvalue weighted by Gasteiger charge is 2.35. The predicted molar refractivity (Wildman–Crippen MR) is 224 cm³/mol. The molecule has 14 heteroatoms. The van der Waals surface area contributed by atoms with E-state index in [0.717, 1.165) is 49.7 Å². The number of rotatable bonds is 13. The molecule has 2 aliphatic carbocycles. The maximum Gasteiger partial charge on any atom is 0.337 e. The first-order valence-corrected chi connectivity index (χ1v) is 22.6. The number of Topliss-reactive ketones (excluding diaryl/α,β-unsaturated/α-hetero) is 1. The topological polar surface area (TPSA) is 144 Å². The fourth-order valence-corrected chi connectivity index (χ4v) is 11.5. The summed E-state index contributed by atoms with van der Waals surface area (Å²) in [5, 5.41) is 0.223. The van der Waals surface area contributed by atoms with Gasteiger partial charge in [-0.15, -0.1) is 0 Å². The maximum absolute atomic E-state index is 13.4. The molecule has 0 radical (unpaired) electrons. The predicted octanol–water partition coefficient (Wildman–Crippen LogP) is 8.95. The summed E-state index contributed by atoms with van der Waals surface area (Å²) in [6.45, 7) is 0.320. The van der Waals surface area contributed by atoms with Gasteiger partial charge in [0.1, 0.15) is 0 Å². The molecule has 0 amide bonds. The molecule has 2 fully saturated rings. The Bertz CT molecular complexity index is 2000. The van der Waals surface area contributed by atoms with Gasteiger partial charge in [0.25, 0.3) is 0 Å². The highest BCUT2D eigenvalue weighted by Crippen LogP contribution is 2.33. The molecule has 2 aliphatic rings. The average Bonchev–Trinajstić information content (AvgIpc) is 3.22. The van der Waals surface area contributed by atoms with Crippen LogP contribution in [0.15, 0.2) is 97.1 Å². The lowest BCUT2D eigenvalue weighted by Crippen LogP contribution is -2.39. The Morgan fingerprint density at radius 3 is 1.38 bits per heavy atom. The van der Waals surface area contributed by atoms with Crippen molar-refractivity contribution in [2.75, 3.05) is 22.3 Å². The van der Waals surface area contributed by atoms with Crippen molar-refractivity contribution in [2.45, 2.75) is 87.8 Å². The number of carbonyl (C=O) groups is 2. The van der Waals surface area contributed by atoms with E-state index in [1.807, 2.05) is 0 Å². The normalized spacial score (nSPS) is 15.3. The first-order valence-electron chi connectivity index (χ1n) is 18.9. The number of nitrogens with zero attached hydrogens (tertiary/aromatic N) is 2. The highest BCUT2D eigenvalue weighted by atomic mass is 35.5. The zero-order chi connectivity index (χ0) is 40.3. The second kappa shape index (κ2) is 20.0. The van der Waals surface area contributed by atoms with Gasteiger partial charge in [-0.25, -0.2) is 21.6 Å². The molecule has 6 rings (SSSR count). The van der Waals surface area contributed by atoms with Crippen LogP contribution in [0, 0.1) is 0 Å². The number of ether oxygens (including phenoxy) is 1. The first-order chi connectivity index (χ1) is 26.8. The molecule has 0 heterocycles. The summed E-state index contributed by atoms with van der Waals surface area (Å²) in [4.78, 5) is 23.4. The molecule has 56 heavy (non-hydrogen) atoms. The summed E-state index contributed by atoms with van der Waals surface area (Å²) in [6, 6.07) is 27.5. The SMILES string of the molecule is COC(=O)c1ccc(CN(c2cccc(Cl)c2)S(=O)(=O)C2CCCCC2)cc1.NCC(=O)c1ccc(CN(c2cccc(Cl)c2)S(=O)(=O)C2CCCCC2)cc1. The number of anilines is 2. The Labute approximate surface area is 341 Å². The van der Waals surface area contributed by atoms with E-state index in [4.69, 9.17) is 33.7 Å². The fourth-order valence-electron chi connectivity index (χ4n) is 7.11. The number of benzene rings is 4. The molecule has 4 aromatic carbocycles. The molecule has 0 saturated heterocycles. The van der Waals surface area contributed by atoms with Crippen LogP contribution in [0.5, 0.6) is 0 Å². The summed E-state index contributed by atoms with van der Waals surface area (Å²) in [7, 11) is -5.75. The standard InChI is InChI=1S/C21H25ClN2O3S.C21H24ClNO4S/c22-18-5-4-6-19(13-18)24(28(26,27)20-7-2-1-3-8-20)15-16-9-11-17(12-10-16)21(25)14-23;1-27-21(24)17-12-10-16(11-13-17)15-23(19-7-5-6-18(22)14-19)28(25,26)20-8-3-2-4-9-20/h4-6,9-13,20H,1-3,7-8,14-15,23H2;5-7,10-14,20H,2-4,8-9,15H2,1H3. The fraction of sp³-hybridized carbons (Fsp3) is 0.381. The molecule has 2 saturated carbocycles. The van der Waals surface area contributed by atoms with Gasteiger partial charge in [-0.05, 0) is 85.3 Å². The van der Waals surface area contributed by atoms with Crippen LogP contribution in [0.25, 0.3) is 0 Å². The monoisotopic (exact) mass is 841 g/mol. The molecule has 300 valence electrons. The summed E-state index contributed by atoms with van der Waals surface area (Å²) >= 11 is 12.3. The van der Waals surface area contributed by atoms with E-state index in [-0.39, 0.29) is 35.9 Å². The van der Waals surface area contributed by atoms with Crippen LogP contribution in [-0.2, 0) is 37.9 Å². The van der Waals surface area contributed by atoms with Crippen LogP contribution >= 0.6 is 23.2 Å². The molecule has 0 atom stereocenters. The Hall–Kier alpha value is -3.94.